The summed E-state index contributed by atoms with van der Waals surface area (Å²) in [4.78, 5) is 9.13. The molecule has 2 heterocycles. The number of hydrogen-bond donors (Lipinski definition) is 0. The summed E-state index contributed by atoms with van der Waals surface area (Å²) >= 11 is 3.36. The normalized spacial score (nSPS) is 18.8. The van der Waals surface area contributed by atoms with E-state index in [0.29, 0.717) is 0 Å². The molecule has 0 bridgehead atoms. The van der Waals surface area contributed by atoms with E-state index in [-0.39, 0.29) is 0 Å². The van der Waals surface area contributed by atoms with Gasteiger partial charge in [-0.15, -0.1) is 0 Å². The van der Waals surface area contributed by atoms with Gasteiger partial charge in [0.1, 0.15) is 4.60 Å². The molecule has 94 valence electrons. The number of rotatable bonds is 3. The zero-order valence-electron chi connectivity index (χ0n) is 10.6. The van der Waals surface area contributed by atoms with E-state index in [0.717, 1.165) is 17.2 Å². The van der Waals surface area contributed by atoms with Gasteiger partial charge in [0.15, 0.2) is 0 Å². The number of nitrogens with zero attached hydrogens (tertiary/aromatic N) is 3. The highest BCUT2D eigenvalue weighted by atomic mass is 79.9. The lowest BCUT2D eigenvalue weighted by Crippen LogP contribution is -2.41. The Bertz CT molecular complexity index is 342. The second-order valence-electron chi connectivity index (χ2n) is 4.96. The molecule has 1 aromatic heterocycles. The van der Waals surface area contributed by atoms with Crippen molar-refractivity contribution in [2.45, 2.75) is 25.4 Å². The molecule has 0 atom stereocenters. The zero-order valence-corrected chi connectivity index (χ0v) is 12.2. The van der Waals surface area contributed by atoms with Gasteiger partial charge in [0, 0.05) is 18.8 Å². The monoisotopic (exact) mass is 297 g/mol. The fourth-order valence-corrected chi connectivity index (χ4v) is 2.59. The molecule has 0 aliphatic carbocycles. The molecule has 2 rings (SSSR count). The van der Waals surface area contributed by atoms with E-state index >= 15 is 0 Å². The summed E-state index contributed by atoms with van der Waals surface area (Å²) in [6.45, 7) is 3.41. The lowest BCUT2D eigenvalue weighted by molar-refractivity contribution is 0.140. The van der Waals surface area contributed by atoms with Crippen molar-refractivity contribution in [2.75, 3.05) is 27.2 Å². The van der Waals surface area contributed by atoms with Crippen LogP contribution in [0.4, 0.5) is 0 Å². The van der Waals surface area contributed by atoms with Crippen LogP contribution in [0.15, 0.2) is 22.9 Å². The quantitative estimate of drug-likeness (QED) is 0.799. The summed E-state index contributed by atoms with van der Waals surface area (Å²) in [5.41, 5.74) is 1.30. The van der Waals surface area contributed by atoms with Gasteiger partial charge in [0.2, 0.25) is 0 Å². The predicted octanol–water partition coefficient (Wildman–Crippen LogP) is 2.37. The smallest absolute Gasteiger partial charge is 0.106 e. The molecule has 0 amide bonds. The van der Waals surface area contributed by atoms with E-state index in [1.807, 2.05) is 12.3 Å². The van der Waals surface area contributed by atoms with Gasteiger partial charge in [-0.05, 0) is 67.6 Å². The minimum absolute atomic E-state index is 0.759. The number of likely N-dealkylation sites (tertiary alicyclic amines) is 1. The maximum atomic E-state index is 4.27. The summed E-state index contributed by atoms with van der Waals surface area (Å²) in [5.74, 6) is 0. The Morgan fingerprint density at radius 2 is 2.06 bits per heavy atom. The van der Waals surface area contributed by atoms with Gasteiger partial charge in [-0.1, -0.05) is 6.07 Å². The van der Waals surface area contributed by atoms with Crippen LogP contribution >= 0.6 is 15.9 Å². The molecular weight excluding hydrogens is 278 g/mol. The van der Waals surface area contributed by atoms with Gasteiger partial charge in [0.25, 0.3) is 0 Å². The first-order valence-corrected chi connectivity index (χ1v) is 6.93. The van der Waals surface area contributed by atoms with Crippen molar-refractivity contribution in [3.05, 3.63) is 28.5 Å². The van der Waals surface area contributed by atoms with Crippen LogP contribution in [0.2, 0.25) is 0 Å². The molecule has 1 aliphatic heterocycles. The summed E-state index contributed by atoms with van der Waals surface area (Å²) in [6.07, 6.45) is 4.51. The zero-order chi connectivity index (χ0) is 12.3. The summed E-state index contributed by atoms with van der Waals surface area (Å²) in [6, 6.07) is 4.92. The Hall–Kier alpha value is -0.450. The van der Waals surface area contributed by atoms with Crippen molar-refractivity contribution >= 4 is 15.9 Å². The van der Waals surface area contributed by atoms with E-state index in [4.69, 9.17) is 0 Å². The Kier molecular flexibility index (Phi) is 4.54. The molecule has 1 aromatic rings. The number of aromatic nitrogens is 1. The molecule has 0 unspecified atom stereocenters. The van der Waals surface area contributed by atoms with E-state index in [2.05, 4.69) is 50.9 Å². The number of piperidine rings is 1. The Balaban J connectivity index is 1.84. The Labute approximate surface area is 112 Å². The number of hydrogen-bond acceptors (Lipinski definition) is 3. The van der Waals surface area contributed by atoms with E-state index in [9.17, 15) is 0 Å². The fourth-order valence-electron chi connectivity index (χ4n) is 2.35. The van der Waals surface area contributed by atoms with Crippen molar-refractivity contribution in [1.29, 1.82) is 0 Å². The lowest BCUT2D eigenvalue weighted by Gasteiger charge is -2.35. The van der Waals surface area contributed by atoms with Gasteiger partial charge >= 0.3 is 0 Å². The first-order chi connectivity index (χ1) is 8.15. The average molecular weight is 298 g/mol. The van der Waals surface area contributed by atoms with E-state index < -0.39 is 0 Å². The topological polar surface area (TPSA) is 19.4 Å². The SMILES string of the molecule is CN(C)C1CCN(Cc2ccc(Br)nc2)CC1. The van der Waals surface area contributed by atoms with Gasteiger partial charge in [-0.2, -0.15) is 0 Å². The van der Waals surface area contributed by atoms with Crippen molar-refractivity contribution in [2.24, 2.45) is 0 Å². The molecule has 3 nitrogen and oxygen atoms in total. The summed E-state index contributed by atoms with van der Waals surface area (Å²) in [5, 5.41) is 0. The maximum absolute atomic E-state index is 4.27. The average Bonchev–Trinajstić information content (AvgIpc) is 2.33. The highest BCUT2D eigenvalue weighted by molar-refractivity contribution is 9.10. The third-order valence-electron chi connectivity index (χ3n) is 3.48. The molecule has 0 radical (unpaired) electrons. The van der Waals surface area contributed by atoms with Crippen molar-refractivity contribution < 1.29 is 0 Å². The second kappa shape index (κ2) is 5.94. The third kappa shape index (κ3) is 3.76. The molecule has 17 heavy (non-hydrogen) atoms. The molecule has 0 saturated carbocycles. The molecule has 0 aromatic carbocycles. The van der Waals surface area contributed by atoms with Crippen LogP contribution < -0.4 is 0 Å². The standard InChI is InChI=1S/C13H20BrN3/c1-16(2)12-5-7-17(8-6-12)10-11-3-4-13(14)15-9-11/h3-4,9,12H,5-8,10H2,1-2H3. The molecule has 1 fully saturated rings. The summed E-state index contributed by atoms with van der Waals surface area (Å²) < 4.78 is 0.910. The molecule has 1 aliphatic rings. The van der Waals surface area contributed by atoms with Crippen LogP contribution in [0.3, 0.4) is 0 Å². The second-order valence-corrected chi connectivity index (χ2v) is 5.77. The maximum Gasteiger partial charge on any atom is 0.106 e. The van der Waals surface area contributed by atoms with Gasteiger partial charge in [0.05, 0.1) is 0 Å². The first-order valence-electron chi connectivity index (χ1n) is 6.14. The minimum Gasteiger partial charge on any atom is -0.306 e. The number of halogens is 1. The largest absolute Gasteiger partial charge is 0.306 e. The highest BCUT2D eigenvalue weighted by Gasteiger charge is 2.20. The van der Waals surface area contributed by atoms with E-state index in [1.165, 1.54) is 31.5 Å². The fraction of sp³-hybridized carbons (Fsp3) is 0.615. The van der Waals surface area contributed by atoms with Crippen molar-refractivity contribution in [3.63, 3.8) is 0 Å². The van der Waals surface area contributed by atoms with Gasteiger partial charge in [-0.25, -0.2) is 4.98 Å². The van der Waals surface area contributed by atoms with Crippen LogP contribution in [0.5, 0.6) is 0 Å². The van der Waals surface area contributed by atoms with E-state index in [1.54, 1.807) is 0 Å². The van der Waals surface area contributed by atoms with Crippen LogP contribution in [-0.4, -0.2) is 48.0 Å². The summed E-state index contributed by atoms with van der Waals surface area (Å²) in [7, 11) is 4.36. The Morgan fingerprint density at radius 1 is 1.35 bits per heavy atom. The van der Waals surface area contributed by atoms with Crippen LogP contribution in [-0.2, 0) is 6.54 Å². The molecule has 1 saturated heterocycles. The molecule has 4 heteroatoms. The van der Waals surface area contributed by atoms with Crippen molar-refractivity contribution in [1.82, 2.24) is 14.8 Å². The lowest BCUT2D eigenvalue weighted by atomic mass is 10.0. The predicted molar refractivity (Wildman–Crippen MR) is 73.9 cm³/mol. The van der Waals surface area contributed by atoms with Gasteiger partial charge < -0.3 is 4.90 Å². The van der Waals surface area contributed by atoms with Crippen LogP contribution in [0.25, 0.3) is 0 Å². The van der Waals surface area contributed by atoms with Crippen LogP contribution in [0, 0.1) is 0 Å². The minimum atomic E-state index is 0.759. The molecule has 0 spiro atoms. The molecular formula is C13H20BrN3. The van der Waals surface area contributed by atoms with Crippen LogP contribution in [0.1, 0.15) is 18.4 Å². The first kappa shape index (κ1) is 13.0. The number of pyridine rings is 1. The Morgan fingerprint density at radius 3 is 2.59 bits per heavy atom. The third-order valence-corrected chi connectivity index (χ3v) is 3.95. The molecule has 0 N–H and O–H groups in total. The highest BCUT2D eigenvalue weighted by Crippen LogP contribution is 2.16. The van der Waals surface area contributed by atoms with Crippen molar-refractivity contribution in [3.8, 4) is 0 Å². The van der Waals surface area contributed by atoms with Gasteiger partial charge in [-0.3, -0.25) is 4.90 Å².